The number of rotatable bonds is 6. The number of nitrogens with zero attached hydrogens (tertiary/aromatic N) is 2. The monoisotopic (exact) mass is 548 g/mol. The first kappa shape index (κ1) is 43.1. The van der Waals surface area contributed by atoms with E-state index in [1.807, 2.05) is 0 Å². The molecule has 0 amide bonds. The Morgan fingerprint density at radius 2 is 0.969 bits per heavy atom. The maximum Gasteiger partial charge on any atom is 0.537 e. The smallest absolute Gasteiger partial charge is 0.537 e. The van der Waals surface area contributed by atoms with Crippen LogP contribution in [0, 0.1) is 0 Å². The van der Waals surface area contributed by atoms with Gasteiger partial charge in [0.25, 0.3) is 0 Å². The minimum atomic E-state index is -0.744. The molecule has 0 bridgehead atoms. The third kappa shape index (κ3) is 19.1. The zero-order valence-electron chi connectivity index (χ0n) is 16.4. The van der Waals surface area contributed by atoms with Crippen LogP contribution in [0.1, 0.15) is 11.1 Å². The first-order valence-electron chi connectivity index (χ1n) is 7.44. The Morgan fingerprint density at radius 3 is 1.22 bits per heavy atom. The molecular weight excluding hydrogens is 522 g/mol. The van der Waals surface area contributed by atoms with Crippen molar-refractivity contribution in [3.05, 3.63) is 59.7 Å². The molecule has 0 aromatic heterocycles. The van der Waals surface area contributed by atoms with Gasteiger partial charge in [0.15, 0.2) is 13.1 Å². The third-order valence-electron chi connectivity index (χ3n) is 2.80. The summed E-state index contributed by atoms with van der Waals surface area (Å²) in [5, 5.41) is 31.7. The van der Waals surface area contributed by atoms with Crippen LogP contribution in [-0.4, -0.2) is 79.8 Å². The van der Waals surface area contributed by atoms with Crippen LogP contribution in [0.2, 0.25) is 0 Å². The van der Waals surface area contributed by atoms with E-state index in [2.05, 4.69) is 9.98 Å². The molecule has 0 aliphatic rings. The molecule has 0 aliphatic carbocycles. The van der Waals surface area contributed by atoms with Crippen LogP contribution in [0.15, 0.2) is 58.5 Å². The Balaban J connectivity index is -0.0000000889. The van der Waals surface area contributed by atoms with Gasteiger partial charge in [-0.1, -0.05) is 24.3 Å². The van der Waals surface area contributed by atoms with Gasteiger partial charge in [0, 0.05) is 66.1 Å². The van der Waals surface area contributed by atoms with E-state index in [0.29, 0.717) is 11.1 Å². The van der Waals surface area contributed by atoms with Gasteiger partial charge in [-0.3, -0.25) is 9.98 Å². The zero-order chi connectivity index (χ0) is 19.4. The number of hydrogen-bond donors (Lipinski definition) is 2. The predicted molar refractivity (Wildman–Crippen MR) is 113 cm³/mol. The van der Waals surface area contributed by atoms with Crippen molar-refractivity contribution in [3.63, 3.8) is 0 Å². The SMILES string of the molecule is O.O.O.O.O=C([OH2+])CN=Cc1ccccc1O.O=C([OH2+])CN=Cc1ccccc1O.[Ni].[Ni]. The Kier molecular flexibility index (Phi) is 32.9. The summed E-state index contributed by atoms with van der Waals surface area (Å²) in [4.78, 5) is 27.8. The van der Waals surface area contributed by atoms with E-state index in [0.717, 1.165) is 0 Å². The number of aromatic hydroxyl groups is 2. The molecule has 32 heavy (non-hydrogen) atoms. The van der Waals surface area contributed by atoms with Gasteiger partial charge in [0.1, 0.15) is 11.5 Å². The number of benzene rings is 2. The van der Waals surface area contributed by atoms with Gasteiger partial charge < -0.3 is 42.3 Å². The maximum atomic E-state index is 10.2. The predicted octanol–water partition coefficient (Wildman–Crippen LogP) is -3.18. The number of phenolic OH excluding ortho intramolecular Hbond substituents is 2. The molecule has 0 spiro atoms. The van der Waals surface area contributed by atoms with Gasteiger partial charge in [0.05, 0.1) is 0 Å². The molecule has 0 unspecified atom stereocenters. The zero-order valence-corrected chi connectivity index (χ0v) is 18.4. The summed E-state index contributed by atoms with van der Waals surface area (Å²) in [6.07, 6.45) is 2.75. The van der Waals surface area contributed by atoms with E-state index in [-0.39, 0.29) is 79.5 Å². The first-order valence-corrected chi connectivity index (χ1v) is 7.44. The Hall–Kier alpha value is -2.85. The van der Waals surface area contributed by atoms with Crippen LogP contribution in [0.3, 0.4) is 0 Å². The Bertz CT molecular complexity index is 752. The van der Waals surface area contributed by atoms with E-state index in [1.54, 1.807) is 36.4 Å². The Labute approximate surface area is 203 Å². The molecule has 188 valence electrons. The number of para-hydroxylation sites is 2. The molecule has 0 heterocycles. The van der Waals surface area contributed by atoms with Crippen molar-refractivity contribution in [2.45, 2.75) is 0 Å². The van der Waals surface area contributed by atoms with E-state index in [1.165, 1.54) is 24.6 Å². The molecule has 12 nitrogen and oxygen atoms in total. The summed E-state index contributed by atoms with van der Waals surface area (Å²) in [6.45, 7) is -0.345. The summed E-state index contributed by atoms with van der Waals surface area (Å²) in [5.74, 6) is -1.26. The summed E-state index contributed by atoms with van der Waals surface area (Å²) in [5.41, 5.74) is 1.09. The molecule has 0 saturated carbocycles. The van der Waals surface area contributed by atoms with Gasteiger partial charge in [-0.15, -0.1) is 0 Å². The fourth-order valence-corrected chi connectivity index (χ4v) is 1.65. The molecule has 0 fully saturated rings. The van der Waals surface area contributed by atoms with Gasteiger partial charge in [-0.05, 0) is 24.3 Å². The van der Waals surface area contributed by atoms with Gasteiger partial charge >= 0.3 is 11.9 Å². The van der Waals surface area contributed by atoms with Crippen LogP contribution >= 0.6 is 0 Å². The second kappa shape index (κ2) is 24.4. The van der Waals surface area contributed by atoms with Crippen LogP contribution < -0.4 is 0 Å². The number of aliphatic imine (C=N–C) groups is 2. The normalized spacial score (nSPS) is 8.50. The van der Waals surface area contributed by atoms with Crippen LogP contribution in [0.5, 0.6) is 11.5 Å². The van der Waals surface area contributed by atoms with Crippen molar-refractivity contribution >= 4 is 24.4 Å². The molecule has 0 saturated heterocycles. The first-order chi connectivity index (χ1) is 12.4. The summed E-state index contributed by atoms with van der Waals surface area (Å²) in [7, 11) is 0. The minimum Gasteiger partial charge on any atom is -0.563 e. The third-order valence-corrected chi connectivity index (χ3v) is 2.80. The average Bonchev–Trinajstić information content (AvgIpc) is 2.58. The number of hydrogen-bond acceptors (Lipinski definition) is 6. The molecule has 0 atom stereocenters. The molecular formula is C18H28N2Ni2O10+2. The summed E-state index contributed by atoms with van der Waals surface area (Å²) >= 11 is 0. The molecule has 2 aromatic carbocycles. The fraction of sp³-hybridized carbons (Fsp3) is 0.111. The van der Waals surface area contributed by atoms with Crippen LogP contribution in [0.25, 0.3) is 0 Å². The summed E-state index contributed by atoms with van der Waals surface area (Å²) in [6, 6.07) is 13.3. The van der Waals surface area contributed by atoms with Gasteiger partial charge in [-0.2, -0.15) is 0 Å². The van der Waals surface area contributed by atoms with Crippen molar-refractivity contribution in [3.8, 4) is 11.5 Å². The molecule has 2 aromatic rings. The van der Waals surface area contributed by atoms with Crippen molar-refractivity contribution in [1.82, 2.24) is 0 Å². The molecule has 2 rings (SSSR count). The summed E-state index contributed by atoms with van der Waals surface area (Å²) < 4.78 is 0. The minimum absolute atomic E-state index is 0. The van der Waals surface area contributed by atoms with Gasteiger partial charge in [-0.25, -0.2) is 0 Å². The topological polar surface area (TPSA) is 271 Å². The molecule has 0 radical (unpaired) electrons. The Morgan fingerprint density at radius 1 is 0.688 bits per heavy atom. The standard InChI is InChI=1S/2C9H9NO3.2Ni.4H2O/c2*11-8-4-2-1-3-7(8)5-10-6-9(12)13;;;;;;/h2*1-5,11H,6H2,(H,12,13);;;4*1H2/p+2. The maximum absolute atomic E-state index is 10.2. The van der Waals surface area contributed by atoms with Crippen molar-refractivity contribution in [1.29, 1.82) is 0 Å². The van der Waals surface area contributed by atoms with Crippen molar-refractivity contribution in [2.24, 2.45) is 9.98 Å². The quantitative estimate of drug-likeness (QED) is 0.214. The van der Waals surface area contributed by atoms with Crippen LogP contribution in [0.4, 0.5) is 0 Å². The van der Waals surface area contributed by atoms with Crippen LogP contribution in [-0.2, 0) is 42.6 Å². The van der Waals surface area contributed by atoms with Crippen molar-refractivity contribution in [2.75, 3.05) is 13.1 Å². The molecule has 14 heteroatoms. The van der Waals surface area contributed by atoms with E-state index in [4.69, 9.17) is 10.2 Å². The second-order valence-corrected chi connectivity index (χ2v) is 4.90. The fourth-order valence-electron chi connectivity index (χ4n) is 1.65. The van der Waals surface area contributed by atoms with Gasteiger partial charge in [0.2, 0.25) is 0 Å². The second-order valence-electron chi connectivity index (χ2n) is 4.90. The van der Waals surface area contributed by atoms with E-state index >= 15 is 0 Å². The number of carbonyl (C=O) groups excluding carboxylic acids is 2. The van der Waals surface area contributed by atoms with Crippen molar-refractivity contribution < 1.29 is 84.9 Å². The number of carbonyl (C=O) groups is 2. The molecule has 0 aliphatic heterocycles. The van der Waals surface area contributed by atoms with E-state index in [9.17, 15) is 19.8 Å². The average molecular weight is 550 g/mol. The van der Waals surface area contributed by atoms with E-state index < -0.39 is 11.9 Å². The molecule has 14 N–H and O–H groups in total. The number of phenols is 2. The largest absolute Gasteiger partial charge is 0.563 e.